The molecule has 4 heteroatoms. The van der Waals surface area contributed by atoms with Crippen molar-refractivity contribution in [1.82, 2.24) is 4.98 Å². The first kappa shape index (κ1) is 10.5. The Labute approximate surface area is 86.2 Å². The molecule has 0 radical (unpaired) electrons. The van der Waals surface area contributed by atoms with E-state index in [-0.39, 0.29) is 6.10 Å². The maximum Gasteiger partial charge on any atom is 0.214 e. The minimum absolute atomic E-state index is 0.0202. The van der Waals surface area contributed by atoms with Crippen LogP contribution in [0.15, 0.2) is 22.8 Å². The molecule has 0 aliphatic carbocycles. The van der Waals surface area contributed by atoms with Crippen molar-refractivity contribution in [1.29, 1.82) is 0 Å². The summed E-state index contributed by atoms with van der Waals surface area (Å²) in [6, 6.07) is 3.68. The Bertz CT molecular complexity index is 268. The number of hydrogen-bond donors (Lipinski definition) is 0. The van der Waals surface area contributed by atoms with Gasteiger partial charge in [0, 0.05) is 23.8 Å². The van der Waals surface area contributed by atoms with Gasteiger partial charge in [0.25, 0.3) is 0 Å². The van der Waals surface area contributed by atoms with Crippen LogP contribution in [-0.4, -0.2) is 24.8 Å². The highest BCUT2D eigenvalue weighted by Gasteiger charge is 2.03. The second-order valence-electron chi connectivity index (χ2n) is 2.70. The molecular weight excluding hydrogens is 234 g/mol. The van der Waals surface area contributed by atoms with Crippen molar-refractivity contribution in [3.63, 3.8) is 0 Å². The number of pyridine rings is 1. The molecule has 0 fully saturated rings. The van der Waals surface area contributed by atoms with Crippen LogP contribution in [0.5, 0.6) is 5.88 Å². The van der Waals surface area contributed by atoms with E-state index in [9.17, 15) is 0 Å². The fourth-order valence-corrected chi connectivity index (χ4v) is 1.24. The van der Waals surface area contributed by atoms with Crippen molar-refractivity contribution in [2.75, 3.05) is 13.7 Å². The quantitative estimate of drug-likeness (QED) is 0.816. The zero-order chi connectivity index (χ0) is 9.68. The number of ether oxygens (including phenoxy) is 2. The molecule has 0 aliphatic rings. The zero-order valence-corrected chi connectivity index (χ0v) is 9.24. The number of rotatable bonds is 4. The summed E-state index contributed by atoms with van der Waals surface area (Å²) < 4.78 is 11.4. The smallest absolute Gasteiger partial charge is 0.214 e. The van der Waals surface area contributed by atoms with Crippen LogP contribution in [0.1, 0.15) is 6.92 Å². The van der Waals surface area contributed by atoms with Crippen molar-refractivity contribution in [3.8, 4) is 5.88 Å². The molecule has 72 valence electrons. The first-order chi connectivity index (χ1) is 6.22. The minimum atomic E-state index is 0.0202. The molecule has 1 aromatic heterocycles. The van der Waals surface area contributed by atoms with E-state index in [1.807, 2.05) is 19.1 Å². The molecule has 1 unspecified atom stereocenters. The molecule has 0 N–H and O–H groups in total. The summed E-state index contributed by atoms with van der Waals surface area (Å²) in [5.74, 6) is 0.610. The van der Waals surface area contributed by atoms with Crippen molar-refractivity contribution in [2.24, 2.45) is 0 Å². The lowest BCUT2D eigenvalue weighted by atomic mass is 10.4. The summed E-state index contributed by atoms with van der Waals surface area (Å²) in [6.45, 7) is 2.50. The third-order valence-corrected chi connectivity index (χ3v) is 1.91. The maximum atomic E-state index is 5.47. The van der Waals surface area contributed by atoms with Gasteiger partial charge in [0.15, 0.2) is 0 Å². The van der Waals surface area contributed by atoms with E-state index in [0.717, 1.165) is 4.47 Å². The van der Waals surface area contributed by atoms with Crippen LogP contribution in [0.4, 0.5) is 0 Å². The van der Waals surface area contributed by atoms with Crippen molar-refractivity contribution >= 4 is 15.9 Å². The Morgan fingerprint density at radius 2 is 2.38 bits per heavy atom. The average Bonchev–Trinajstić information content (AvgIpc) is 2.04. The molecule has 1 rings (SSSR count). The van der Waals surface area contributed by atoms with Crippen molar-refractivity contribution in [2.45, 2.75) is 13.0 Å². The molecule has 0 saturated heterocycles. The molecule has 0 amide bonds. The fourth-order valence-electron chi connectivity index (χ4n) is 0.925. The third-order valence-electron chi connectivity index (χ3n) is 1.42. The number of hydrogen-bond acceptors (Lipinski definition) is 3. The lowest BCUT2D eigenvalue weighted by Crippen LogP contribution is -2.18. The van der Waals surface area contributed by atoms with Gasteiger partial charge in [0.1, 0.15) is 6.10 Å². The fraction of sp³-hybridized carbons (Fsp3) is 0.444. The van der Waals surface area contributed by atoms with Crippen LogP contribution in [-0.2, 0) is 4.74 Å². The predicted octanol–water partition coefficient (Wildman–Crippen LogP) is 2.26. The first-order valence-electron chi connectivity index (χ1n) is 3.99. The van der Waals surface area contributed by atoms with Crippen molar-refractivity contribution in [3.05, 3.63) is 22.8 Å². The van der Waals surface area contributed by atoms with Gasteiger partial charge in [0.2, 0.25) is 5.88 Å². The molecule has 13 heavy (non-hydrogen) atoms. The van der Waals surface area contributed by atoms with Gasteiger partial charge in [-0.2, -0.15) is 0 Å². The van der Waals surface area contributed by atoms with E-state index >= 15 is 0 Å². The molecule has 0 saturated carbocycles. The molecule has 0 aromatic carbocycles. The molecular formula is C9H12BrNO2. The van der Waals surface area contributed by atoms with Crippen LogP contribution in [0.25, 0.3) is 0 Å². The van der Waals surface area contributed by atoms with E-state index in [1.54, 1.807) is 13.3 Å². The highest BCUT2D eigenvalue weighted by atomic mass is 79.9. The van der Waals surface area contributed by atoms with Crippen LogP contribution >= 0.6 is 15.9 Å². The molecule has 0 bridgehead atoms. The van der Waals surface area contributed by atoms with Gasteiger partial charge in [-0.3, -0.25) is 0 Å². The Morgan fingerprint density at radius 1 is 1.62 bits per heavy atom. The molecule has 1 atom stereocenters. The third kappa shape index (κ3) is 3.74. The van der Waals surface area contributed by atoms with Crippen LogP contribution < -0.4 is 4.74 Å². The summed E-state index contributed by atoms with van der Waals surface area (Å²) in [7, 11) is 1.65. The molecule has 1 aromatic rings. The number of aromatic nitrogens is 1. The Kier molecular flexibility index (Phi) is 4.18. The highest BCUT2D eigenvalue weighted by Crippen LogP contribution is 2.15. The second kappa shape index (κ2) is 5.19. The number of nitrogens with zero attached hydrogens (tertiary/aromatic N) is 1. The predicted molar refractivity (Wildman–Crippen MR) is 53.9 cm³/mol. The summed E-state index contributed by atoms with van der Waals surface area (Å²) in [4.78, 5) is 4.05. The SMILES string of the molecule is COCC(C)Oc1cc(Br)ccn1. The normalized spacial score (nSPS) is 12.5. The Morgan fingerprint density at radius 3 is 3.00 bits per heavy atom. The number of halogens is 1. The minimum Gasteiger partial charge on any atom is -0.472 e. The van der Waals surface area contributed by atoms with Gasteiger partial charge in [-0.1, -0.05) is 15.9 Å². The Hall–Kier alpha value is -0.610. The Balaban J connectivity index is 2.53. The lowest BCUT2D eigenvalue weighted by Gasteiger charge is -2.12. The van der Waals surface area contributed by atoms with Gasteiger partial charge in [-0.15, -0.1) is 0 Å². The molecule has 0 aliphatic heterocycles. The molecule has 0 spiro atoms. The van der Waals surface area contributed by atoms with Crippen molar-refractivity contribution < 1.29 is 9.47 Å². The maximum absolute atomic E-state index is 5.47. The average molecular weight is 246 g/mol. The zero-order valence-electron chi connectivity index (χ0n) is 7.66. The topological polar surface area (TPSA) is 31.4 Å². The number of methoxy groups -OCH3 is 1. The van der Waals surface area contributed by atoms with Gasteiger partial charge in [-0.05, 0) is 13.0 Å². The van der Waals surface area contributed by atoms with Crippen LogP contribution in [0.2, 0.25) is 0 Å². The summed E-state index contributed by atoms with van der Waals surface area (Å²) in [5.41, 5.74) is 0. The standard InChI is InChI=1S/C9H12BrNO2/c1-7(6-12-2)13-9-5-8(10)3-4-11-9/h3-5,7H,6H2,1-2H3. The largest absolute Gasteiger partial charge is 0.472 e. The monoisotopic (exact) mass is 245 g/mol. The van der Waals surface area contributed by atoms with E-state index in [2.05, 4.69) is 20.9 Å². The second-order valence-corrected chi connectivity index (χ2v) is 3.61. The first-order valence-corrected chi connectivity index (χ1v) is 4.79. The van der Waals surface area contributed by atoms with E-state index in [0.29, 0.717) is 12.5 Å². The summed E-state index contributed by atoms with van der Waals surface area (Å²) in [6.07, 6.45) is 1.71. The molecule has 1 heterocycles. The molecule has 3 nitrogen and oxygen atoms in total. The lowest BCUT2D eigenvalue weighted by molar-refractivity contribution is 0.0889. The van der Waals surface area contributed by atoms with Gasteiger partial charge < -0.3 is 9.47 Å². The van der Waals surface area contributed by atoms with Gasteiger partial charge in [0.05, 0.1) is 6.61 Å². The van der Waals surface area contributed by atoms with Crippen LogP contribution in [0.3, 0.4) is 0 Å². The van der Waals surface area contributed by atoms with Gasteiger partial charge >= 0.3 is 0 Å². The van der Waals surface area contributed by atoms with E-state index in [4.69, 9.17) is 9.47 Å². The highest BCUT2D eigenvalue weighted by molar-refractivity contribution is 9.10. The summed E-state index contributed by atoms with van der Waals surface area (Å²) >= 11 is 3.34. The van der Waals surface area contributed by atoms with Gasteiger partial charge in [-0.25, -0.2) is 4.98 Å². The van der Waals surface area contributed by atoms with E-state index < -0.39 is 0 Å². The summed E-state index contributed by atoms with van der Waals surface area (Å²) in [5, 5.41) is 0. The van der Waals surface area contributed by atoms with Crippen LogP contribution in [0, 0.1) is 0 Å². The van der Waals surface area contributed by atoms with E-state index in [1.165, 1.54) is 0 Å².